The van der Waals surface area contributed by atoms with Crippen molar-refractivity contribution in [3.8, 4) is 22.9 Å². The quantitative estimate of drug-likeness (QED) is 0.217. The van der Waals surface area contributed by atoms with E-state index in [-0.39, 0.29) is 23.3 Å². The number of aryl methyl sites for hydroxylation is 3. The molecule has 0 bridgehead atoms. The molecule has 0 saturated carbocycles. The van der Waals surface area contributed by atoms with Gasteiger partial charge < -0.3 is 15.0 Å². The van der Waals surface area contributed by atoms with Gasteiger partial charge in [-0.2, -0.15) is 0 Å². The largest absolute Gasteiger partial charge is 0.506 e. The van der Waals surface area contributed by atoms with Crippen LogP contribution in [0.25, 0.3) is 33.4 Å². The predicted molar refractivity (Wildman–Crippen MR) is 172 cm³/mol. The number of hydrogen-bond donors (Lipinski definition) is 2. The van der Waals surface area contributed by atoms with Crippen molar-refractivity contribution in [3.05, 3.63) is 95.5 Å². The molecule has 9 heteroatoms. The summed E-state index contributed by atoms with van der Waals surface area (Å²) >= 11 is 0. The van der Waals surface area contributed by atoms with Gasteiger partial charge in [0.05, 0.1) is 1.37 Å². The normalized spacial score (nSPS) is 10.5. The van der Waals surface area contributed by atoms with Crippen LogP contribution in [0.15, 0.2) is 78.8 Å². The van der Waals surface area contributed by atoms with Crippen molar-refractivity contribution in [2.24, 2.45) is 0 Å². The number of nitrogens with zero attached hydrogens (tertiary/aromatic N) is 6. The molecule has 6 aromatic rings. The van der Waals surface area contributed by atoms with Crippen molar-refractivity contribution in [1.29, 1.82) is 0 Å². The Hall–Kier alpha value is -5.05. The standard InChI is InChI=1S/C17H17N3O2.C13H11N3O.2C2H6/c1-11-3-7-14-15(9-11)19-20(18-14)16-10-13(5-4-12(2)21)6-8-17(16)22;1-9-6-7-10-11(8-9)15-16(14-10)12-4-2-3-5-13(12)17;2*1-2/h3,6-10,22H,4-5H2,1-2H3;2-8,17H,1H3;2*1-2H3/i8T;;;. The van der Waals surface area contributed by atoms with Crippen molar-refractivity contribution < 1.29 is 16.4 Å². The second kappa shape index (κ2) is 15.3. The van der Waals surface area contributed by atoms with Gasteiger partial charge in [0.25, 0.3) is 0 Å². The average Bonchev–Trinajstić information content (AvgIpc) is 3.64. The lowest BCUT2D eigenvalue weighted by atomic mass is 10.1. The number of carbonyl (C=O) groups is 1. The van der Waals surface area contributed by atoms with Gasteiger partial charge in [0, 0.05) is 6.42 Å². The first kappa shape index (κ1) is 30.9. The summed E-state index contributed by atoms with van der Waals surface area (Å²) in [6.45, 7) is 13.5. The topological polar surface area (TPSA) is 119 Å². The zero-order valence-electron chi connectivity index (χ0n) is 26.8. The molecule has 0 radical (unpaired) electrons. The fourth-order valence-corrected chi connectivity index (χ4v) is 4.04. The van der Waals surface area contributed by atoms with Crippen LogP contribution in [0.2, 0.25) is 0 Å². The summed E-state index contributed by atoms with van der Waals surface area (Å²) in [4.78, 5) is 13.9. The van der Waals surface area contributed by atoms with Gasteiger partial charge in [0.15, 0.2) is 0 Å². The first-order valence-corrected chi connectivity index (χ1v) is 14.5. The van der Waals surface area contributed by atoms with E-state index in [9.17, 15) is 15.0 Å². The van der Waals surface area contributed by atoms with Crippen LogP contribution in [-0.4, -0.2) is 46.0 Å². The number of para-hydroxylation sites is 2. The Labute approximate surface area is 253 Å². The molecule has 0 aliphatic carbocycles. The fourth-order valence-electron chi connectivity index (χ4n) is 4.04. The lowest BCUT2D eigenvalue weighted by molar-refractivity contribution is -0.116. The van der Waals surface area contributed by atoms with Gasteiger partial charge in [-0.25, -0.2) is 0 Å². The summed E-state index contributed by atoms with van der Waals surface area (Å²) in [5, 5.41) is 37.3. The highest BCUT2D eigenvalue weighted by Gasteiger charge is 2.11. The number of fused-ring (bicyclic) bond motifs is 2. The third kappa shape index (κ3) is 8.25. The maximum Gasteiger partial charge on any atom is 0.143 e. The summed E-state index contributed by atoms with van der Waals surface area (Å²) < 4.78 is 7.90. The highest BCUT2D eigenvalue weighted by atomic mass is 16.3. The van der Waals surface area contributed by atoms with E-state index in [0.717, 1.165) is 38.8 Å². The summed E-state index contributed by atoms with van der Waals surface area (Å²) in [5.74, 6) is 0.0858. The Bertz CT molecular complexity index is 1860. The maximum absolute atomic E-state index is 11.1. The summed E-state index contributed by atoms with van der Waals surface area (Å²) in [7, 11) is 0. The molecule has 2 N–H and O–H groups in total. The highest BCUT2D eigenvalue weighted by molar-refractivity contribution is 5.76. The molecule has 0 aliphatic heterocycles. The van der Waals surface area contributed by atoms with E-state index >= 15 is 0 Å². The van der Waals surface area contributed by atoms with Crippen molar-refractivity contribution in [3.63, 3.8) is 0 Å². The second-order valence-electron chi connectivity index (χ2n) is 9.40. The second-order valence-corrected chi connectivity index (χ2v) is 9.40. The lowest BCUT2D eigenvalue weighted by Gasteiger charge is -2.06. The maximum atomic E-state index is 11.1. The van der Waals surface area contributed by atoms with Crippen LogP contribution in [0.5, 0.6) is 11.5 Å². The van der Waals surface area contributed by atoms with E-state index in [4.69, 9.17) is 1.37 Å². The molecular weight excluding hydrogens is 540 g/mol. The van der Waals surface area contributed by atoms with E-state index in [1.54, 1.807) is 30.3 Å². The smallest absolute Gasteiger partial charge is 0.143 e. The predicted octanol–water partition coefficient (Wildman–Crippen LogP) is 7.44. The minimum atomic E-state index is -0.173. The molecule has 9 nitrogen and oxygen atoms in total. The van der Waals surface area contributed by atoms with Crippen molar-refractivity contribution in [2.75, 3.05) is 0 Å². The van der Waals surface area contributed by atoms with Gasteiger partial charge in [0.2, 0.25) is 0 Å². The van der Waals surface area contributed by atoms with E-state index in [2.05, 4.69) is 20.4 Å². The Balaban J connectivity index is 0.000000223. The van der Waals surface area contributed by atoms with Gasteiger partial charge in [-0.3, -0.25) is 0 Å². The van der Waals surface area contributed by atoms with E-state index in [0.29, 0.717) is 24.2 Å². The molecule has 224 valence electrons. The summed E-state index contributed by atoms with van der Waals surface area (Å²) in [5.41, 5.74) is 7.04. The van der Waals surface area contributed by atoms with Crippen LogP contribution in [0, 0.1) is 13.8 Å². The van der Waals surface area contributed by atoms with Gasteiger partial charge in [-0.1, -0.05) is 58.0 Å². The average molecular weight is 583 g/mol. The zero-order chi connectivity index (χ0) is 32.4. The third-order valence-corrected chi connectivity index (χ3v) is 6.11. The monoisotopic (exact) mass is 582 g/mol. The Morgan fingerprint density at radius 2 is 1.21 bits per heavy atom. The van der Waals surface area contributed by atoms with Crippen LogP contribution in [0.4, 0.5) is 0 Å². The molecule has 0 amide bonds. The first-order valence-electron chi connectivity index (χ1n) is 15.0. The molecule has 0 atom stereocenters. The van der Waals surface area contributed by atoms with E-state index in [1.165, 1.54) is 16.5 Å². The molecule has 0 saturated heterocycles. The molecule has 2 heterocycles. The third-order valence-electron chi connectivity index (χ3n) is 6.11. The molecule has 0 aliphatic rings. The Morgan fingerprint density at radius 3 is 1.74 bits per heavy atom. The molecule has 0 spiro atoms. The van der Waals surface area contributed by atoms with Gasteiger partial charge in [-0.15, -0.1) is 30.0 Å². The van der Waals surface area contributed by atoms with Crippen molar-refractivity contribution in [1.82, 2.24) is 30.0 Å². The number of benzene rings is 4. The molecular formula is C34H40N6O3. The highest BCUT2D eigenvalue weighted by Crippen LogP contribution is 2.24. The Kier molecular flexibility index (Phi) is 11.0. The molecule has 2 aromatic heterocycles. The zero-order valence-corrected chi connectivity index (χ0v) is 25.8. The number of phenols is 2. The number of Topliss-reactive ketones (excluding diaryl/α,β-unsaturated/α-hetero) is 1. The van der Waals surface area contributed by atoms with Crippen LogP contribution in [0.3, 0.4) is 0 Å². The summed E-state index contributed by atoms with van der Waals surface area (Å²) in [6.07, 6.45) is 0.922. The van der Waals surface area contributed by atoms with E-state index < -0.39 is 0 Å². The lowest BCUT2D eigenvalue weighted by Crippen LogP contribution is -2.01. The fraction of sp³-hybridized carbons (Fsp3) is 0.265. The van der Waals surface area contributed by atoms with Gasteiger partial charge in [-0.05, 0) is 92.4 Å². The molecule has 6 rings (SSSR count). The van der Waals surface area contributed by atoms with E-state index in [1.807, 2.05) is 84.0 Å². The number of aromatic hydroxyl groups is 2. The minimum absolute atomic E-state index is 0.00131. The summed E-state index contributed by atoms with van der Waals surface area (Å²) in [6, 6.07) is 21.9. The van der Waals surface area contributed by atoms with Gasteiger partial charge >= 0.3 is 0 Å². The minimum Gasteiger partial charge on any atom is -0.506 e. The van der Waals surface area contributed by atoms with Crippen molar-refractivity contribution in [2.45, 2.75) is 61.3 Å². The number of aromatic nitrogens is 6. The number of ketones is 1. The van der Waals surface area contributed by atoms with Crippen LogP contribution in [0.1, 0.15) is 59.1 Å². The van der Waals surface area contributed by atoms with Gasteiger partial charge in [0.1, 0.15) is 50.7 Å². The SMILES string of the molecule is CC.CC.Cc1ccc2nn(-c3ccccc3O)nc2c1.[3H]c1cc(CCC(C)=O)cc(-n2nc3ccc(C)cc3n2)c1O. The molecule has 43 heavy (non-hydrogen) atoms. The molecule has 0 fully saturated rings. The van der Waals surface area contributed by atoms with Crippen LogP contribution in [-0.2, 0) is 11.2 Å². The van der Waals surface area contributed by atoms with Crippen LogP contribution < -0.4 is 0 Å². The van der Waals surface area contributed by atoms with Crippen molar-refractivity contribution >= 4 is 27.9 Å². The Morgan fingerprint density at radius 1 is 0.698 bits per heavy atom. The first-order chi connectivity index (χ1) is 21.2. The molecule has 0 unspecified atom stereocenters. The molecule has 4 aromatic carbocycles. The van der Waals surface area contributed by atoms with Crippen LogP contribution >= 0.6 is 0 Å². The number of hydrogen-bond acceptors (Lipinski definition) is 7. The number of phenolic OH excluding ortho intramolecular Hbond substituents is 2. The number of carbonyl (C=O) groups excluding carboxylic acids is 1. The number of rotatable bonds is 5.